The molecule has 0 atom stereocenters. The molecule has 0 saturated carbocycles. The van der Waals surface area contributed by atoms with Crippen LogP contribution in [-0.4, -0.2) is 60.7 Å². The molecular weight excluding hydrogens is 465 g/mol. The van der Waals surface area contributed by atoms with Crippen LogP contribution >= 0.6 is 24.0 Å². The van der Waals surface area contributed by atoms with E-state index in [9.17, 15) is 0 Å². The van der Waals surface area contributed by atoms with Gasteiger partial charge in [0.2, 0.25) is 0 Å². The average Bonchev–Trinajstić information content (AvgIpc) is 2.98. The summed E-state index contributed by atoms with van der Waals surface area (Å²) < 4.78 is 5.24. The molecule has 154 valence electrons. The first-order valence-electron chi connectivity index (χ1n) is 9.72. The molecule has 0 bridgehead atoms. The molecule has 28 heavy (non-hydrogen) atoms. The van der Waals surface area contributed by atoms with E-state index in [1.807, 2.05) is 20.9 Å². The van der Waals surface area contributed by atoms with E-state index >= 15 is 0 Å². The quantitative estimate of drug-likeness (QED) is 0.391. The topological polar surface area (TPSA) is 56.9 Å². The first-order valence-corrected chi connectivity index (χ1v) is 9.72. The molecule has 0 unspecified atom stereocenters. The van der Waals surface area contributed by atoms with Gasteiger partial charge in [0.1, 0.15) is 5.76 Å². The second-order valence-corrected chi connectivity index (χ2v) is 7.28. The number of nitrogens with zero attached hydrogens (tertiary/aromatic N) is 4. The molecule has 1 aromatic carbocycles. The van der Waals surface area contributed by atoms with Gasteiger partial charge in [0.05, 0.1) is 5.69 Å². The lowest BCUT2D eigenvalue weighted by molar-refractivity contribution is 0.172. The third-order valence-electron chi connectivity index (χ3n) is 5.21. The van der Waals surface area contributed by atoms with Crippen LogP contribution in [0.1, 0.15) is 28.1 Å². The Balaban J connectivity index is 0.00000280. The van der Waals surface area contributed by atoms with Gasteiger partial charge in [-0.3, -0.25) is 9.89 Å². The first-order chi connectivity index (χ1) is 13.1. The highest BCUT2D eigenvalue weighted by Crippen LogP contribution is 2.13. The van der Waals surface area contributed by atoms with Crippen molar-refractivity contribution >= 4 is 29.9 Å². The number of hydrogen-bond donors (Lipinski definition) is 1. The minimum absolute atomic E-state index is 0. The Morgan fingerprint density at radius 2 is 1.93 bits per heavy atom. The fraction of sp³-hybridized carbons (Fsp3) is 0.524. The van der Waals surface area contributed by atoms with Gasteiger partial charge >= 0.3 is 0 Å². The smallest absolute Gasteiger partial charge is 0.193 e. The maximum atomic E-state index is 5.24. The number of aliphatic imine (C=N–C) groups is 1. The van der Waals surface area contributed by atoms with Gasteiger partial charge in [-0.1, -0.05) is 35.0 Å². The molecule has 1 aromatic heterocycles. The van der Waals surface area contributed by atoms with Crippen LogP contribution < -0.4 is 5.32 Å². The van der Waals surface area contributed by atoms with Crippen LogP contribution in [0.3, 0.4) is 0 Å². The fourth-order valence-corrected chi connectivity index (χ4v) is 3.68. The van der Waals surface area contributed by atoms with Crippen molar-refractivity contribution < 1.29 is 4.52 Å². The fourth-order valence-electron chi connectivity index (χ4n) is 3.68. The molecule has 1 aliphatic rings. The Morgan fingerprint density at radius 3 is 2.54 bits per heavy atom. The Labute approximate surface area is 185 Å². The van der Waals surface area contributed by atoms with Gasteiger partial charge < -0.3 is 14.7 Å². The minimum atomic E-state index is 0. The number of benzene rings is 1. The predicted octanol–water partition coefficient (Wildman–Crippen LogP) is 3.15. The summed E-state index contributed by atoms with van der Waals surface area (Å²) in [6, 6.07) is 8.79. The number of rotatable bonds is 5. The molecule has 2 heterocycles. The van der Waals surface area contributed by atoms with E-state index in [0.717, 1.165) is 63.1 Å². The van der Waals surface area contributed by atoms with Gasteiger partial charge in [0.15, 0.2) is 5.96 Å². The van der Waals surface area contributed by atoms with Crippen LogP contribution in [0.4, 0.5) is 0 Å². The van der Waals surface area contributed by atoms with Gasteiger partial charge in [-0.25, -0.2) is 0 Å². The standard InChI is InChI=1S/C21H31N5O.HI/c1-16-6-5-7-19(14-16)15-25-10-12-26(13-11-25)21(22-4)23-9-8-20-17(2)24-27-18(20)3;/h5-7,14H,8-13,15H2,1-4H3,(H,22,23);1H. The summed E-state index contributed by atoms with van der Waals surface area (Å²) >= 11 is 0. The Morgan fingerprint density at radius 1 is 1.18 bits per heavy atom. The molecule has 7 heteroatoms. The van der Waals surface area contributed by atoms with Gasteiger partial charge in [-0.05, 0) is 32.8 Å². The number of halogens is 1. The van der Waals surface area contributed by atoms with E-state index in [2.05, 4.69) is 56.5 Å². The van der Waals surface area contributed by atoms with Crippen molar-refractivity contribution in [2.24, 2.45) is 4.99 Å². The van der Waals surface area contributed by atoms with Crippen LogP contribution in [-0.2, 0) is 13.0 Å². The molecule has 6 nitrogen and oxygen atoms in total. The Bertz CT molecular complexity index is 761. The molecule has 0 aliphatic carbocycles. The van der Waals surface area contributed by atoms with Gasteiger partial charge in [0, 0.05) is 51.9 Å². The lowest BCUT2D eigenvalue weighted by Crippen LogP contribution is -2.52. The van der Waals surface area contributed by atoms with Gasteiger partial charge in [-0.15, -0.1) is 24.0 Å². The zero-order chi connectivity index (χ0) is 19.2. The molecule has 3 rings (SSSR count). The van der Waals surface area contributed by atoms with Gasteiger partial charge in [0.25, 0.3) is 0 Å². The average molecular weight is 497 g/mol. The third-order valence-corrected chi connectivity index (χ3v) is 5.21. The Kier molecular flexibility index (Phi) is 8.75. The maximum Gasteiger partial charge on any atom is 0.193 e. The van der Waals surface area contributed by atoms with Crippen LogP contribution in [0, 0.1) is 20.8 Å². The number of guanidine groups is 1. The number of hydrogen-bond acceptors (Lipinski definition) is 4. The Hall–Kier alpha value is -1.61. The molecule has 1 N–H and O–H groups in total. The summed E-state index contributed by atoms with van der Waals surface area (Å²) in [5.41, 5.74) is 4.90. The van der Waals surface area contributed by atoms with E-state index < -0.39 is 0 Å². The van der Waals surface area contributed by atoms with E-state index in [1.54, 1.807) is 0 Å². The summed E-state index contributed by atoms with van der Waals surface area (Å²) in [6.07, 6.45) is 0.896. The SMILES string of the molecule is CN=C(NCCc1c(C)noc1C)N1CCN(Cc2cccc(C)c2)CC1.I. The number of piperazine rings is 1. The van der Waals surface area contributed by atoms with E-state index in [-0.39, 0.29) is 24.0 Å². The van der Waals surface area contributed by atoms with Crippen LogP contribution in [0.5, 0.6) is 0 Å². The lowest BCUT2D eigenvalue weighted by atomic mass is 10.1. The van der Waals surface area contributed by atoms with Crippen LogP contribution in [0.2, 0.25) is 0 Å². The normalized spacial score (nSPS) is 15.4. The molecule has 2 aromatic rings. The van der Waals surface area contributed by atoms with Gasteiger partial charge in [-0.2, -0.15) is 0 Å². The highest BCUT2D eigenvalue weighted by Gasteiger charge is 2.19. The van der Waals surface area contributed by atoms with E-state index in [4.69, 9.17) is 4.52 Å². The molecule has 1 fully saturated rings. The summed E-state index contributed by atoms with van der Waals surface area (Å²) in [5, 5.41) is 7.51. The van der Waals surface area contributed by atoms with Crippen molar-refractivity contribution in [2.75, 3.05) is 39.8 Å². The summed E-state index contributed by atoms with van der Waals surface area (Å²) in [5.74, 6) is 1.89. The van der Waals surface area contributed by atoms with Crippen LogP contribution in [0.25, 0.3) is 0 Å². The monoisotopic (exact) mass is 497 g/mol. The second-order valence-electron chi connectivity index (χ2n) is 7.28. The molecule has 0 radical (unpaired) electrons. The summed E-state index contributed by atoms with van der Waals surface area (Å²) in [4.78, 5) is 9.33. The zero-order valence-electron chi connectivity index (χ0n) is 17.4. The summed E-state index contributed by atoms with van der Waals surface area (Å²) in [6.45, 7) is 12.1. The lowest BCUT2D eigenvalue weighted by Gasteiger charge is -2.36. The highest BCUT2D eigenvalue weighted by molar-refractivity contribution is 14.0. The van der Waals surface area contributed by atoms with Crippen molar-refractivity contribution in [3.63, 3.8) is 0 Å². The van der Waals surface area contributed by atoms with Crippen LogP contribution in [0.15, 0.2) is 33.8 Å². The van der Waals surface area contributed by atoms with Crippen molar-refractivity contribution in [1.29, 1.82) is 0 Å². The number of aromatic nitrogens is 1. The molecule has 1 aliphatic heterocycles. The van der Waals surface area contributed by atoms with Crippen molar-refractivity contribution in [3.05, 3.63) is 52.4 Å². The van der Waals surface area contributed by atoms with Crippen molar-refractivity contribution in [3.8, 4) is 0 Å². The zero-order valence-corrected chi connectivity index (χ0v) is 19.7. The molecule has 0 spiro atoms. The van der Waals surface area contributed by atoms with E-state index in [1.165, 1.54) is 16.7 Å². The van der Waals surface area contributed by atoms with Crippen molar-refractivity contribution in [2.45, 2.75) is 33.7 Å². The van der Waals surface area contributed by atoms with E-state index in [0.29, 0.717) is 0 Å². The maximum absolute atomic E-state index is 5.24. The molecule has 0 amide bonds. The summed E-state index contributed by atoms with van der Waals surface area (Å²) in [7, 11) is 1.86. The molecule has 1 saturated heterocycles. The molecular formula is C21H32IN5O. The number of aryl methyl sites for hydroxylation is 3. The first kappa shape index (κ1) is 22.7. The second kappa shape index (κ2) is 10.8. The highest BCUT2D eigenvalue weighted by atomic mass is 127. The largest absolute Gasteiger partial charge is 0.361 e. The number of nitrogens with one attached hydrogen (secondary N) is 1. The van der Waals surface area contributed by atoms with Crippen molar-refractivity contribution in [1.82, 2.24) is 20.3 Å². The third kappa shape index (κ3) is 5.94. The predicted molar refractivity (Wildman–Crippen MR) is 124 cm³/mol. The minimum Gasteiger partial charge on any atom is -0.361 e.